The van der Waals surface area contributed by atoms with E-state index in [4.69, 9.17) is 22.5 Å². The highest BCUT2D eigenvalue weighted by Crippen LogP contribution is 2.30. The normalized spacial score (nSPS) is 20.0. The highest BCUT2D eigenvalue weighted by molar-refractivity contribution is 7.89. The van der Waals surface area contributed by atoms with Gasteiger partial charge in [0.1, 0.15) is 12.0 Å². The number of sulfonamides is 1. The first-order valence-corrected chi connectivity index (χ1v) is 7.44. The van der Waals surface area contributed by atoms with E-state index >= 15 is 0 Å². The molecule has 0 aromatic carbocycles. The second-order valence-corrected chi connectivity index (χ2v) is 6.32. The number of carbonyl (C=O) groups is 1. The quantitative estimate of drug-likeness (QED) is 0.713. The van der Waals surface area contributed by atoms with Crippen LogP contribution in [0.15, 0.2) is 6.33 Å². The summed E-state index contributed by atoms with van der Waals surface area (Å²) in [5.74, 6) is -0.707. The van der Waals surface area contributed by atoms with Crippen LogP contribution in [-0.2, 0) is 14.8 Å². The van der Waals surface area contributed by atoms with Gasteiger partial charge in [-0.15, -0.1) is 0 Å². The SMILES string of the molecule is Nc1c(Cl)ncnc1N1CC(CS(N)(=O)=O)CC1=O. The van der Waals surface area contributed by atoms with Gasteiger partial charge in [-0.1, -0.05) is 11.6 Å². The van der Waals surface area contributed by atoms with Crippen molar-refractivity contribution in [2.45, 2.75) is 6.42 Å². The molecule has 0 saturated carbocycles. The highest BCUT2D eigenvalue weighted by Gasteiger charge is 2.34. The summed E-state index contributed by atoms with van der Waals surface area (Å²) in [7, 11) is -3.62. The second kappa shape index (κ2) is 4.91. The molecular formula is C9H12ClN5O3S. The van der Waals surface area contributed by atoms with Gasteiger partial charge in [-0.3, -0.25) is 9.69 Å². The van der Waals surface area contributed by atoms with Gasteiger partial charge >= 0.3 is 0 Å². The molecule has 8 nitrogen and oxygen atoms in total. The van der Waals surface area contributed by atoms with Gasteiger partial charge in [0.15, 0.2) is 11.0 Å². The Morgan fingerprint density at radius 3 is 2.79 bits per heavy atom. The van der Waals surface area contributed by atoms with Crippen LogP contribution in [0.1, 0.15) is 6.42 Å². The predicted molar refractivity (Wildman–Crippen MR) is 69.9 cm³/mol. The van der Waals surface area contributed by atoms with Crippen molar-refractivity contribution in [3.63, 3.8) is 0 Å². The van der Waals surface area contributed by atoms with E-state index in [9.17, 15) is 13.2 Å². The van der Waals surface area contributed by atoms with Crippen LogP contribution in [0.5, 0.6) is 0 Å². The van der Waals surface area contributed by atoms with Gasteiger partial charge in [-0.2, -0.15) is 0 Å². The minimum atomic E-state index is -3.62. The lowest BCUT2D eigenvalue weighted by Gasteiger charge is -2.17. The van der Waals surface area contributed by atoms with Gasteiger partial charge in [0.2, 0.25) is 15.9 Å². The third kappa shape index (κ3) is 3.11. The molecule has 0 spiro atoms. The summed E-state index contributed by atoms with van der Waals surface area (Å²) in [5, 5.41) is 5.02. The molecule has 1 aromatic rings. The molecule has 1 amide bonds. The van der Waals surface area contributed by atoms with Gasteiger partial charge in [0.05, 0.1) is 5.75 Å². The smallest absolute Gasteiger partial charge is 0.228 e. The number of amides is 1. The van der Waals surface area contributed by atoms with E-state index < -0.39 is 10.0 Å². The molecule has 104 valence electrons. The Morgan fingerprint density at radius 2 is 2.16 bits per heavy atom. The maximum absolute atomic E-state index is 11.9. The van der Waals surface area contributed by atoms with E-state index in [0.717, 1.165) is 0 Å². The third-order valence-corrected chi connectivity index (χ3v) is 3.98. The van der Waals surface area contributed by atoms with Crippen LogP contribution in [0.2, 0.25) is 5.15 Å². The number of anilines is 2. The topological polar surface area (TPSA) is 132 Å². The largest absolute Gasteiger partial charge is 0.393 e. The number of nitrogens with two attached hydrogens (primary N) is 2. The summed E-state index contributed by atoms with van der Waals surface area (Å²) < 4.78 is 22.1. The minimum Gasteiger partial charge on any atom is -0.393 e. The molecule has 2 heterocycles. The number of halogens is 1. The molecule has 4 N–H and O–H groups in total. The van der Waals surface area contributed by atoms with Crippen LogP contribution >= 0.6 is 11.6 Å². The van der Waals surface area contributed by atoms with Crippen molar-refractivity contribution < 1.29 is 13.2 Å². The van der Waals surface area contributed by atoms with Crippen molar-refractivity contribution >= 4 is 39.0 Å². The fourth-order valence-electron chi connectivity index (χ4n) is 2.01. The van der Waals surface area contributed by atoms with Gasteiger partial charge in [-0.25, -0.2) is 23.5 Å². The van der Waals surface area contributed by atoms with Crippen molar-refractivity contribution in [2.24, 2.45) is 11.1 Å². The van der Waals surface area contributed by atoms with E-state index in [2.05, 4.69) is 9.97 Å². The number of carbonyl (C=O) groups excluding carboxylic acids is 1. The number of hydrogen-bond donors (Lipinski definition) is 2. The average molecular weight is 306 g/mol. The standard InChI is InChI=1S/C9H12ClN5O3S/c10-8-7(11)9(14-4-13-8)15-2-5(1-6(15)16)3-19(12,17)18/h4-5H,1-3,11H2,(H2,12,17,18). The maximum Gasteiger partial charge on any atom is 0.228 e. The van der Waals surface area contributed by atoms with Crippen LogP contribution in [0.25, 0.3) is 0 Å². The summed E-state index contributed by atoms with van der Waals surface area (Å²) in [6, 6.07) is 0. The number of hydrogen-bond acceptors (Lipinski definition) is 6. The number of nitrogens with zero attached hydrogens (tertiary/aromatic N) is 3. The Labute approximate surface area is 114 Å². The molecule has 0 aliphatic carbocycles. The van der Waals surface area contributed by atoms with Crippen molar-refractivity contribution in [2.75, 3.05) is 22.9 Å². The lowest BCUT2D eigenvalue weighted by atomic mass is 10.1. The van der Waals surface area contributed by atoms with Crippen molar-refractivity contribution in [1.29, 1.82) is 0 Å². The zero-order chi connectivity index (χ0) is 14.2. The van der Waals surface area contributed by atoms with Crippen LogP contribution in [0, 0.1) is 5.92 Å². The number of aromatic nitrogens is 2. The minimum absolute atomic E-state index is 0.0488. The summed E-state index contributed by atoms with van der Waals surface area (Å²) >= 11 is 5.75. The van der Waals surface area contributed by atoms with Gasteiger partial charge in [0.25, 0.3) is 0 Å². The molecule has 1 aromatic heterocycles. The average Bonchev–Trinajstić information content (AvgIpc) is 2.61. The molecule has 1 unspecified atom stereocenters. The molecule has 1 aliphatic rings. The molecule has 1 aliphatic heterocycles. The summed E-state index contributed by atoms with van der Waals surface area (Å²) in [6.07, 6.45) is 1.27. The Kier molecular flexibility index (Phi) is 3.61. The van der Waals surface area contributed by atoms with Crippen molar-refractivity contribution in [1.82, 2.24) is 9.97 Å². The molecule has 2 rings (SSSR count). The van der Waals surface area contributed by atoms with E-state index in [1.165, 1.54) is 11.2 Å². The van der Waals surface area contributed by atoms with Crippen LogP contribution in [-0.4, -0.2) is 36.6 Å². The maximum atomic E-state index is 11.9. The number of nitrogen functional groups attached to an aromatic ring is 1. The van der Waals surface area contributed by atoms with Crippen molar-refractivity contribution in [3.8, 4) is 0 Å². The van der Waals surface area contributed by atoms with E-state index in [0.29, 0.717) is 0 Å². The molecule has 0 radical (unpaired) electrons. The first kappa shape index (κ1) is 14.0. The number of rotatable bonds is 3. The Hall–Kier alpha value is -1.45. The summed E-state index contributed by atoms with van der Waals surface area (Å²) in [4.78, 5) is 20.8. The number of primary sulfonamides is 1. The van der Waals surface area contributed by atoms with E-state index in [1.54, 1.807) is 0 Å². The zero-order valence-corrected chi connectivity index (χ0v) is 11.4. The Morgan fingerprint density at radius 1 is 1.47 bits per heavy atom. The van der Waals surface area contributed by atoms with Gasteiger partial charge < -0.3 is 5.73 Å². The molecule has 10 heteroatoms. The Balaban J connectivity index is 2.23. The summed E-state index contributed by atoms with van der Waals surface area (Å²) in [5.41, 5.74) is 5.80. The zero-order valence-electron chi connectivity index (χ0n) is 9.78. The molecule has 1 fully saturated rings. The van der Waals surface area contributed by atoms with E-state index in [-0.39, 0.29) is 47.2 Å². The fraction of sp³-hybridized carbons (Fsp3) is 0.444. The van der Waals surface area contributed by atoms with Crippen LogP contribution in [0.4, 0.5) is 11.5 Å². The van der Waals surface area contributed by atoms with Crippen LogP contribution < -0.4 is 15.8 Å². The van der Waals surface area contributed by atoms with Crippen molar-refractivity contribution in [3.05, 3.63) is 11.5 Å². The molecule has 1 atom stereocenters. The van der Waals surface area contributed by atoms with E-state index in [1.807, 2.05) is 0 Å². The first-order valence-electron chi connectivity index (χ1n) is 5.34. The second-order valence-electron chi connectivity index (χ2n) is 4.31. The molecule has 0 bridgehead atoms. The first-order chi connectivity index (χ1) is 8.78. The lowest BCUT2D eigenvalue weighted by molar-refractivity contribution is -0.117. The Bertz CT molecular complexity index is 620. The van der Waals surface area contributed by atoms with Gasteiger partial charge in [-0.05, 0) is 0 Å². The lowest BCUT2D eigenvalue weighted by Crippen LogP contribution is -2.28. The predicted octanol–water partition coefficient (Wildman–Crippen LogP) is -0.646. The fourth-order valence-corrected chi connectivity index (χ4v) is 3.02. The van der Waals surface area contributed by atoms with Crippen LogP contribution in [0.3, 0.4) is 0 Å². The molecular weight excluding hydrogens is 294 g/mol. The highest BCUT2D eigenvalue weighted by atomic mass is 35.5. The molecule has 19 heavy (non-hydrogen) atoms. The van der Waals surface area contributed by atoms with Gasteiger partial charge in [0, 0.05) is 18.9 Å². The monoisotopic (exact) mass is 305 g/mol. The summed E-state index contributed by atoms with van der Waals surface area (Å²) in [6.45, 7) is 0.187. The molecule has 1 saturated heterocycles. The third-order valence-electron chi connectivity index (χ3n) is 2.74.